The maximum Gasteiger partial charge on any atom is 0.240 e. The standard InChI is InChI=1S/C16H24N2O/c1-3-4-5-6-7-11-16(19)18-17-13-15-10-8-9-14(2)12-15/h8-10,12-13H,3-7,11H2,1-2H3,(H,18,19)/b17-13+. The fraction of sp³-hybridized carbons (Fsp3) is 0.500. The predicted molar refractivity (Wildman–Crippen MR) is 80.3 cm³/mol. The first kappa shape index (κ1) is 15.4. The van der Waals surface area contributed by atoms with Crippen molar-refractivity contribution in [2.75, 3.05) is 0 Å². The molecule has 1 amide bonds. The quantitative estimate of drug-likeness (QED) is 0.431. The Morgan fingerprint density at radius 1 is 1.26 bits per heavy atom. The fourth-order valence-corrected chi connectivity index (χ4v) is 1.87. The van der Waals surface area contributed by atoms with E-state index in [0.29, 0.717) is 6.42 Å². The van der Waals surface area contributed by atoms with Gasteiger partial charge in [0.15, 0.2) is 0 Å². The monoisotopic (exact) mass is 260 g/mol. The van der Waals surface area contributed by atoms with Crippen molar-refractivity contribution in [1.29, 1.82) is 0 Å². The second kappa shape index (κ2) is 9.31. The van der Waals surface area contributed by atoms with Crippen LogP contribution >= 0.6 is 0 Å². The van der Waals surface area contributed by atoms with Gasteiger partial charge in [0.25, 0.3) is 0 Å². The van der Waals surface area contributed by atoms with Gasteiger partial charge in [-0.1, -0.05) is 62.4 Å². The van der Waals surface area contributed by atoms with Crippen molar-refractivity contribution in [3.05, 3.63) is 35.4 Å². The second-order valence-corrected chi connectivity index (χ2v) is 4.87. The zero-order valence-corrected chi connectivity index (χ0v) is 12.0. The van der Waals surface area contributed by atoms with Crippen LogP contribution in [0.3, 0.4) is 0 Å². The summed E-state index contributed by atoms with van der Waals surface area (Å²) in [7, 11) is 0. The van der Waals surface area contributed by atoms with Gasteiger partial charge in [-0.15, -0.1) is 0 Å². The molecule has 1 aromatic rings. The third kappa shape index (κ3) is 7.39. The predicted octanol–water partition coefficient (Wildman–Crippen LogP) is 3.81. The Labute approximate surface area is 116 Å². The van der Waals surface area contributed by atoms with Crippen LogP contribution in [0, 0.1) is 6.92 Å². The number of hydrazone groups is 1. The molecule has 0 aliphatic rings. The normalized spacial score (nSPS) is 10.8. The van der Waals surface area contributed by atoms with E-state index in [1.54, 1.807) is 6.21 Å². The van der Waals surface area contributed by atoms with E-state index in [-0.39, 0.29) is 5.91 Å². The molecule has 1 aromatic carbocycles. The summed E-state index contributed by atoms with van der Waals surface area (Å²) in [6.07, 6.45) is 8.03. The molecule has 0 unspecified atom stereocenters. The molecule has 0 aliphatic heterocycles. The SMILES string of the molecule is CCCCCCCC(=O)N/N=C/c1cccc(C)c1. The van der Waals surface area contributed by atoms with E-state index >= 15 is 0 Å². The van der Waals surface area contributed by atoms with Crippen molar-refractivity contribution in [3.8, 4) is 0 Å². The Kier molecular flexibility index (Phi) is 7.56. The van der Waals surface area contributed by atoms with E-state index in [0.717, 1.165) is 18.4 Å². The lowest BCUT2D eigenvalue weighted by Gasteiger charge is -2.00. The van der Waals surface area contributed by atoms with Gasteiger partial charge in [-0.3, -0.25) is 4.79 Å². The Morgan fingerprint density at radius 2 is 2.05 bits per heavy atom. The lowest BCUT2D eigenvalue weighted by Crippen LogP contribution is -2.16. The minimum Gasteiger partial charge on any atom is -0.273 e. The largest absolute Gasteiger partial charge is 0.273 e. The molecule has 0 bridgehead atoms. The van der Waals surface area contributed by atoms with Gasteiger partial charge in [-0.2, -0.15) is 5.10 Å². The van der Waals surface area contributed by atoms with Gasteiger partial charge in [-0.05, 0) is 18.9 Å². The topological polar surface area (TPSA) is 41.5 Å². The summed E-state index contributed by atoms with van der Waals surface area (Å²) in [5, 5.41) is 3.97. The van der Waals surface area contributed by atoms with Crippen LogP contribution < -0.4 is 5.43 Å². The highest BCUT2D eigenvalue weighted by Gasteiger charge is 1.98. The zero-order chi connectivity index (χ0) is 13.9. The van der Waals surface area contributed by atoms with E-state index in [9.17, 15) is 4.79 Å². The smallest absolute Gasteiger partial charge is 0.240 e. The number of rotatable bonds is 8. The minimum atomic E-state index is 0.000372. The molecule has 0 spiro atoms. The molecule has 0 saturated carbocycles. The summed E-state index contributed by atoms with van der Waals surface area (Å²) in [6, 6.07) is 8.01. The molecule has 0 aliphatic carbocycles. The first-order chi connectivity index (χ1) is 9.22. The van der Waals surface area contributed by atoms with Crippen molar-refractivity contribution in [3.63, 3.8) is 0 Å². The first-order valence-corrected chi connectivity index (χ1v) is 7.11. The number of aryl methyl sites for hydroxylation is 1. The summed E-state index contributed by atoms with van der Waals surface area (Å²) in [6.45, 7) is 4.22. The van der Waals surface area contributed by atoms with E-state index in [1.807, 2.05) is 31.2 Å². The number of unbranched alkanes of at least 4 members (excludes halogenated alkanes) is 4. The van der Waals surface area contributed by atoms with E-state index < -0.39 is 0 Å². The molecule has 0 atom stereocenters. The number of carbonyl (C=O) groups excluding carboxylic acids is 1. The van der Waals surface area contributed by atoms with Gasteiger partial charge in [0, 0.05) is 6.42 Å². The molecule has 104 valence electrons. The fourth-order valence-electron chi connectivity index (χ4n) is 1.87. The van der Waals surface area contributed by atoms with Crippen LogP contribution in [0.2, 0.25) is 0 Å². The van der Waals surface area contributed by atoms with Gasteiger partial charge in [0.2, 0.25) is 5.91 Å². The molecule has 0 heterocycles. The van der Waals surface area contributed by atoms with Crippen LogP contribution in [0.4, 0.5) is 0 Å². The van der Waals surface area contributed by atoms with Crippen molar-refractivity contribution in [2.24, 2.45) is 5.10 Å². The summed E-state index contributed by atoms with van der Waals surface area (Å²) in [5.74, 6) is 0.000372. The highest BCUT2D eigenvalue weighted by atomic mass is 16.2. The average Bonchev–Trinajstić information content (AvgIpc) is 2.38. The van der Waals surface area contributed by atoms with Crippen LogP contribution in [-0.2, 0) is 4.79 Å². The molecule has 0 fully saturated rings. The number of hydrogen-bond acceptors (Lipinski definition) is 2. The third-order valence-electron chi connectivity index (χ3n) is 2.95. The maximum atomic E-state index is 11.5. The molecular weight excluding hydrogens is 236 g/mol. The minimum absolute atomic E-state index is 0.000372. The van der Waals surface area contributed by atoms with Crippen LogP contribution in [0.1, 0.15) is 56.6 Å². The van der Waals surface area contributed by atoms with Crippen LogP contribution in [0.15, 0.2) is 29.4 Å². The molecule has 19 heavy (non-hydrogen) atoms. The molecule has 0 saturated heterocycles. The van der Waals surface area contributed by atoms with Gasteiger partial charge >= 0.3 is 0 Å². The van der Waals surface area contributed by atoms with Gasteiger partial charge in [0.1, 0.15) is 0 Å². The maximum absolute atomic E-state index is 11.5. The van der Waals surface area contributed by atoms with Gasteiger partial charge in [0.05, 0.1) is 6.21 Å². The Bertz CT molecular complexity index is 413. The third-order valence-corrected chi connectivity index (χ3v) is 2.95. The Morgan fingerprint density at radius 3 is 2.79 bits per heavy atom. The highest BCUT2D eigenvalue weighted by molar-refractivity contribution is 5.82. The Hall–Kier alpha value is -1.64. The summed E-state index contributed by atoms with van der Waals surface area (Å²) < 4.78 is 0. The van der Waals surface area contributed by atoms with Gasteiger partial charge in [-0.25, -0.2) is 5.43 Å². The van der Waals surface area contributed by atoms with Crippen molar-refractivity contribution >= 4 is 12.1 Å². The number of amides is 1. The number of nitrogens with zero attached hydrogens (tertiary/aromatic N) is 1. The number of benzene rings is 1. The lowest BCUT2D eigenvalue weighted by atomic mass is 10.1. The molecule has 1 rings (SSSR count). The summed E-state index contributed by atoms with van der Waals surface area (Å²) >= 11 is 0. The average molecular weight is 260 g/mol. The van der Waals surface area contributed by atoms with E-state index in [1.165, 1.54) is 24.8 Å². The summed E-state index contributed by atoms with van der Waals surface area (Å²) in [5.41, 5.74) is 4.76. The lowest BCUT2D eigenvalue weighted by molar-refractivity contribution is -0.121. The van der Waals surface area contributed by atoms with Crippen molar-refractivity contribution in [2.45, 2.75) is 52.4 Å². The molecule has 0 aromatic heterocycles. The highest BCUT2D eigenvalue weighted by Crippen LogP contribution is 2.04. The molecule has 3 nitrogen and oxygen atoms in total. The number of carbonyl (C=O) groups is 1. The Balaban J connectivity index is 2.19. The molecule has 3 heteroatoms. The van der Waals surface area contributed by atoms with E-state index in [2.05, 4.69) is 17.5 Å². The van der Waals surface area contributed by atoms with Crippen LogP contribution in [0.25, 0.3) is 0 Å². The second-order valence-electron chi connectivity index (χ2n) is 4.87. The van der Waals surface area contributed by atoms with Crippen molar-refractivity contribution < 1.29 is 4.79 Å². The molecule has 1 N–H and O–H groups in total. The van der Waals surface area contributed by atoms with E-state index in [4.69, 9.17) is 0 Å². The number of hydrogen-bond donors (Lipinski definition) is 1. The molecular formula is C16H24N2O. The zero-order valence-electron chi connectivity index (χ0n) is 12.0. The van der Waals surface area contributed by atoms with Crippen molar-refractivity contribution in [1.82, 2.24) is 5.43 Å². The number of nitrogens with one attached hydrogen (secondary N) is 1. The molecule has 0 radical (unpaired) electrons. The van der Waals surface area contributed by atoms with Gasteiger partial charge < -0.3 is 0 Å². The van der Waals surface area contributed by atoms with Crippen LogP contribution in [-0.4, -0.2) is 12.1 Å². The van der Waals surface area contributed by atoms with Crippen LogP contribution in [0.5, 0.6) is 0 Å². The summed E-state index contributed by atoms with van der Waals surface area (Å²) in [4.78, 5) is 11.5. The first-order valence-electron chi connectivity index (χ1n) is 7.11.